The fourth-order valence-corrected chi connectivity index (χ4v) is 2.90. The summed E-state index contributed by atoms with van der Waals surface area (Å²) in [5, 5.41) is 5.50. The molecule has 0 amide bonds. The van der Waals surface area contributed by atoms with Gasteiger partial charge in [0.15, 0.2) is 11.6 Å². The molecular formula is C22H19FN2O2. The molecule has 136 valence electrons. The number of halogens is 1. The Morgan fingerprint density at radius 3 is 2.33 bits per heavy atom. The van der Waals surface area contributed by atoms with Gasteiger partial charge in [0, 0.05) is 10.9 Å². The number of aromatic nitrogens is 2. The van der Waals surface area contributed by atoms with Gasteiger partial charge in [-0.3, -0.25) is 0 Å². The van der Waals surface area contributed by atoms with E-state index >= 15 is 0 Å². The minimum atomic E-state index is -0.436. The molecule has 0 saturated carbocycles. The van der Waals surface area contributed by atoms with E-state index in [1.54, 1.807) is 18.2 Å². The van der Waals surface area contributed by atoms with Gasteiger partial charge in [-0.25, -0.2) is 4.39 Å². The molecule has 0 saturated heterocycles. The average Bonchev–Trinajstić information content (AvgIpc) is 3.03. The quantitative estimate of drug-likeness (QED) is 0.472. The van der Waals surface area contributed by atoms with Crippen LogP contribution in [-0.2, 0) is 0 Å². The molecule has 1 aromatic heterocycles. The van der Waals surface area contributed by atoms with Gasteiger partial charge in [-0.05, 0) is 56.3 Å². The number of hydrogen-bond acceptors (Lipinski definition) is 3. The van der Waals surface area contributed by atoms with Crippen molar-refractivity contribution < 1.29 is 14.0 Å². The van der Waals surface area contributed by atoms with Crippen LogP contribution in [0.3, 0.4) is 0 Å². The molecule has 0 aliphatic carbocycles. The fraction of sp³-hybridized carbons (Fsp3) is 0.136. The second-order valence-corrected chi connectivity index (χ2v) is 6.45. The normalized spacial score (nSPS) is 11.1. The van der Waals surface area contributed by atoms with Crippen molar-refractivity contribution in [2.45, 2.75) is 20.0 Å². The maximum atomic E-state index is 14.0. The summed E-state index contributed by atoms with van der Waals surface area (Å²) in [6.45, 7) is 3.98. The number of fused-ring (bicyclic) bond motifs is 1. The molecule has 4 nitrogen and oxygen atoms in total. The summed E-state index contributed by atoms with van der Waals surface area (Å²) < 4.78 is 19.7. The number of para-hydroxylation sites is 2. The molecule has 0 aliphatic heterocycles. The third-order valence-electron chi connectivity index (χ3n) is 4.08. The van der Waals surface area contributed by atoms with Gasteiger partial charge in [-0.1, -0.05) is 35.2 Å². The fourth-order valence-electron chi connectivity index (χ4n) is 2.90. The van der Waals surface area contributed by atoms with Gasteiger partial charge in [0.1, 0.15) is 17.0 Å². The molecule has 0 unspecified atom stereocenters. The number of nitrogens with zero attached hydrogens (tertiary/aromatic N) is 2. The van der Waals surface area contributed by atoms with Crippen molar-refractivity contribution in [3.05, 3.63) is 78.6 Å². The molecule has 0 atom stereocenters. The van der Waals surface area contributed by atoms with Crippen LogP contribution >= 0.6 is 0 Å². The minimum Gasteiger partial charge on any atom is -0.491 e. The molecule has 0 N–H and O–H groups in total. The highest BCUT2D eigenvalue weighted by molar-refractivity contribution is 5.93. The lowest BCUT2D eigenvalue weighted by molar-refractivity contribution is 0.182. The highest BCUT2D eigenvalue weighted by Crippen LogP contribution is 2.30. The molecule has 1 heterocycles. The standard InChI is InChI=1S/C22H19FN2O2/c1-15(2)26-17-13-11-16(12-14-17)22-18-7-3-5-9-20(18)25(24-22)27-21-10-6-4-8-19(21)23/h3-15H,1-2H3. The summed E-state index contributed by atoms with van der Waals surface area (Å²) in [6.07, 6.45) is 0.116. The zero-order valence-corrected chi connectivity index (χ0v) is 15.1. The lowest BCUT2D eigenvalue weighted by Gasteiger charge is -2.09. The summed E-state index contributed by atoms with van der Waals surface area (Å²) >= 11 is 0. The molecule has 5 heteroatoms. The molecule has 4 rings (SSSR count). The summed E-state index contributed by atoms with van der Waals surface area (Å²) in [7, 11) is 0. The second-order valence-electron chi connectivity index (χ2n) is 6.45. The number of benzene rings is 3. The third kappa shape index (κ3) is 3.49. The van der Waals surface area contributed by atoms with E-state index in [1.807, 2.05) is 62.4 Å². The van der Waals surface area contributed by atoms with E-state index in [9.17, 15) is 4.39 Å². The number of rotatable bonds is 5. The van der Waals surface area contributed by atoms with Crippen molar-refractivity contribution in [1.29, 1.82) is 0 Å². The Balaban J connectivity index is 1.75. The van der Waals surface area contributed by atoms with Crippen LogP contribution in [0.5, 0.6) is 11.5 Å². The van der Waals surface area contributed by atoms with E-state index in [0.29, 0.717) is 0 Å². The predicted molar refractivity (Wildman–Crippen MR) is 103 cm³/mol. The largest absolute Gasteiger partial charge is 0.491 e. The first-order valence-electron chi connectivity index (χ1n) is 8.79. The van der Waals surface area contributed by atoms with Crippen LogP contribution in [-0.4, -0.2) is 16.0 Å². The van der Waals surface area contributed by atoms with Gasteiger partial charge >= 0.3 is 0 Å². The van der Waals surface area contributed by atoms with E-state index in [0.717, 1.165) is 27.9 Å². The molecule has 27 heavy (non-hydrogen) atoms. The smallest absolute Gasteiger partial charge is 0.193 e. The van der Waals surface area contributed by atoms with Crippen molar-refractivity contribution in [3.8, 4) is 22.8 Å². The Morgan fingerprint density at radius 1 is 0.889 bits per heavy atom. The van der Waals surface area contributed by atoms with Crippen molar-refractivity contribution in [2.24, 2.45) is 0 Å². The summed E-state index contributed by atoms with van der Waals surface area (Å²) in [5.41, 5.74) is 2.45. The lowest BCUT2D eigenvalue weighted by atomic mass is 10.1. The molecule has 0 radical (unpaired) electrons. The van der Waals surface area contributed by atoms with Crippen LogP contribution in [0, 0.1) is 5.82 Å². The first-order valence-corrected chi connectivity index (χ1v) is 8.79. The topological polar surface area (TPSA) is 36.3 Å². The zero-order chi connectivity index (χ0) is 18.8. The van der Waals surface area contributed by atoms with E-state index < -0.39 is 5.82 Å². The highest BCUT2D eigenvalue weighted by atomic mass is 19.1. The summed E-state index contributed by atoms with van der Waals surface area (Å²) in [6, 6.07) is 21.7. The third-order valence-corrected chi connectivity index (χ3v) is 4.08. The van der Waals surface area contributed by atoms with E-state index in [1.165, 1.54) is 10.9 Å². The molecule has 0 aliphatic rings. The molecule has 0 fully saturated rings. The van der Waals surface area contributed by atoms with Gasteiger partial charge in [0.25, 0.3) is 0 Å². The van der Waals surface area contributed by atoms with Crippen molar-refractivity contribution in [3.63, 3.8) is 0 Å². The van der Waals surface area contributed by atoms with Crippen LogP contribution in [0.25, 0.3) is 22.2 Å². The molecule has 3 aromatic carbocycles. The maximum absolute atomic E-state index is 14.0. The molecule has 4 aromatic rings. The van der Waals surface area contributed by atoms with Gasteiger partial charge in [0.05, 0.1) is 6.10 Å². The van der Waals surface area contributed by atoms with Crippen molar-refractivity contribution >= 4 is 10.9 Å². The Morgan fingerprint density at radius 2 is 1.59 bits per heavy atom. The minimum absolute atomic E-state index is 0.116. The van der Waals surface area contributed by atoms with Crippen LogP contribution in [0.4, 0.5) is 4.39 Å². The highest BCUT2D eigenvalue weighted by Gasteiger charge is 2.14. The summed E-state index contributed by atoms with van der Waals surface area (Å²) in [5.74, 6) is 0.492. The molecular weight excluding hydrogens is 343 g/mol. The van der Waals surface area contributed by atoms with Gasteiger partial charge < -0.3 is 9.57 Å². The van der Waals surface area contributed by atoms with Crippen molar-refractivity contribution in [1.82, 2.24) is 9.94 Å². The first kappa shape index (κ1) is 17.1. The van der Waals surface area contributed by atoms with E-state index in [4.69, 9.17) is 9.57 Å². The van der Waals surface area contributed by atoms with Crippen LogP contribution in [0.2, 0.25) is 0 Å². The SMILES string of the molecule is CC(C)Oc1ccc(-c2nn(Oc3ccccc3F)c3ccccc23)cc1. The summed E-state index contributed by atoms with van der Waals surface area (Å²) in [4.78, 5) is 7.07. The Kier molecular flexibility index (Phi) is 4.50. The number of hydrogen-bond donors (Lipinski definition) is 0. The number of ether oxygens (including phenoxy) is 1. The monoisotopic (exact) mass is 362 g/mol. The van der Waals surface area contributed by atoms with Crippen LogP contribution in [0.15, 0.2) is 72.8 Å². The van der Waals surface area contributed by atoms with E-state index in [-0.39, 0.29) is 11.9 Å². The predicted octanol–water partition coefficient (Wildman–Crippen LogP) is 5.47. The Bertz CT molecular complexity index is 1070. The lowest BCUT2D eigenvalue weighted by Crippen LogP contribution is -2.08. The van der Waals surface area contributed by atoms with Gasteiger partial charge in [-0.2, -0.15) is 0 Å². The Labute approximate surface area is 156 Å². The molecule has 0 spiro atoms. The van der Waals surface area contributed by atoms with Gasteiger partial charge in [0.2, 0.25) is 0 Å². The van der Waals surface area contributed by atoms with Crippen LogP contribution in [0.1, 0.15) is 13.8 Å². The van der Waals surface area contributed by atoms with Crippen molar-refractivity contribution in [2.75, 3.05) is 0 Å². The zero-order valence-electron chi connectivity index (χ0n) is 15.1. The second kappa shape index (κ2) is 7.11. The van der Waals surface area contributed by atoms with E-state index in [2.05, 4.69) is 5.10 Å². The van der Waals surface area contributed by atoms with Crippen LogP contribution < -0.4 is 9.57 Å². The average molecular weight is 362 g/mol. The molecule has 0 bridgehead atoms. The Hall–Kier alpha value is -3.34. The van der Waals surface area contributed by atoms with Gasteiger partial charge in [-0.15, -0.1) is 5.10 Å². The maximum Gasteiger partial charge on any atom is 0.193 e. The first-order chi connectivity index (χ1) is 13.1.